The fraction of sp³-hybridized carbons (Fsp3) is 0.667. The lowest BCUT2D eigenvalue weighted by molar-refractivity contribution is 0.256. The lowest BCUT2D eigenvalue weighted by atomic mass is 9.74. The zero-order chi connectivity index (χ0) is 10.8. The Hall–Kier alpha value is -0.0500. The van der Waals surface area contributed by atoms with E-state index >= 15 is 0 Å². The first-order chi connectivity index (χ1) is 7.22. The van der Waals surface area contributed by atoms with Gasteiger partial charge in [-0.15, -0.1) is 11.3 Å². The largest absolute Gasteiger partial charge is 0.330 e. The predicted octanol–water partition coefficient (Wildman–Crippen LogP) is 3.88. The summed E-state index contributed by atoms with van der Waals surface area (Å²) in [5, 5.41) is 3.03. The Morgan fingerprint density at radius 1 is 1.53 bits per heavy atom. The van der Waals surface area contributed by atoms with Gasteiger partial charge in [0, 0.05) is 4.88 Å². The average molecular weight is 244 g/mol. The van der Waals surface area contributed by atoms with Crippen LogP contribution in [0.4, 0.5) is 0 Å². The van der Waals surface area contributed by atoms with Crippen molar-refractivity contribution in [1.29, 1.82) is 0 Å². The summed E-state index contributed by atoms with van der Waals surface area (Å²) in [6.07, 6.45) is 3.83. The number of hydrogen-bond acceptors (Lipinski definition) is 2. The molecule has 0 spiro atoms. The van der Waals surface area contributed by atoms with Gasteiger partial charge in [-0.1, -0.05) is 24.9 Å². The standard InChI is InChI=1S/C12H18ClNS/c1-8-2-3-9(7-14)10(6-8)12-11(13)4-5-15-12/h4-5,8-10H,2-3,6-7,14H2,1H3. The second kappa shape index (κ2) is 4.86. The molecule has 1 saturated carbocycles. The zero-order valence-electron chi connectivity index (χ0n) is 9.08. The third-order valence-electron chi connectivity index (χ3n) is 3.54. The Labute approximate surface area is 101 Å². The first kappa shape index (κ1) is 11.4. The van der Waals surface area contributed by atoms with Crippen molar-refractivity contribution < 1.29 is 0 Å². The molecule has 3 atom stereocenters. The predicted molar refractivity (Wildman–Crippen MR) is 67.6 cm³/mol. The van der Waals surface area contributed by atoms with Crippen molar-refractivity contribution in [2.45, 2.75) is 32.1 Å². The summed E-state index contributed by atoms with van der Waals surface area (Å²) in [6.45, 7) is 3.13. The smallest absolute Gasteiger partial charge is 0.0547 e. The fourth-order valence-electron chi connectivity index (χ4n) is 2.62. The molecule has 0 amide bonds. The van der Waals surface area contributed by atoms with E-state index in [2.05, 4.69) is 12.3 Å². The molecule has 0 radical (unpaired) electrons. The highest BCUT2D eigenvalue weighted by molar-refractivity contribution is 7.10. The van der Waals surface area contributed by atoms with Gasteiger partial charge in [0.25, 0.3) is 0 Å². The van der Waals surface area contributed by atoms with E-state index in [0.29, 0.717) is 11.8 Å². The number of rotatable bonds is 2. The SMILES string of the molecule is CC1CCC(CN)C(c2sccc2Cl)C1. The highest BCUT2D eigenvalue weighted by atomic mass is 35.5. The molecule has 1 nitrogen and oxygen atoms in total. The van der Waals surface area contributed by atoms with Crippen LogP contribution in [0.25, 0.3) is 0 Å². The van der Waals surface area contributed by atoms with Gasteiger partial charge in [-0.25, -0.2) is 0 Å². The van der Waals surface area contributed by atoms with E-state index in [4.69, 9.17) is 17.3 Å². The van der Waals surface area contributed by atoms with Gasteiger partial charge in [0.1, 0.15) is 0 Å². The minimum atomic E-state index is 0.603. The lowest BCUT2D eigenvalue weighted by Gasteiger charge is -2.33. The molecule has 3 heteroatoms. The van der Waals surface area contributed by atoms with Crippen LogP contribution in [0.5, 0.6) is 0 Å². The Kier molecular flexibility index (Phi) is 3.70. The maximum Gasteiger partial charge on any atom is 0.0547 e. The molecule has 0 aliphatic heterocycles. The summed E-state index contributed by atoms with van der Waals surface area (Å²) >= 11 is 8.00. The lowest BCUT2D eigenvalue weighted by Crippen LogP contribution is -2.27. The van der Waals surface area contributed by atoms with Crippen molar-refractivity contribution in [3.8, 4) is 0 Å². The first-order valence-electron chi connectivity index (χ1n) is 5.65. The van der Waals surface area contributed by atoms with E-state index in [1.807, 2.05) is 6.07 Å². The van der Waals surface area contributed by atoms with E-state index in [1.165, 1.54) is 24.1 Å². The van der Waals surface area contributed by atoms with Crippen LogP contribution >= 0.6 is 22.9 Å². The molecule has 84 valence electrons. The molecule has 3 unspecified atom stereocenters. The van der Waals surface area contributed by atoms with Crippen molar-refractivity contribution in [2.75, 3.05) is 6.54 Å². The molecule has 0 bridgehead atoms. The van der Waals surface area contributed by atoms with Crippen LogP contribution in [0.1, 0.15) is 37.0 Å². The number of halogens is 1. The van der Waals surface area contributed by atoms with E-state index in [1.54, 1.807) is 11.3 Å². The van der Waals surface area contributed by atoms with Crippen LogP contribution in [-0.4, -0.2) is 6.54 Å². The van der Waals surface area contributed by atoms with Crippen LogP contribution in [0.2, 0.25) is 5.02 Å². The Bertz CT molecular complexity index is 323. The average Bonchev–Trinajstić information content (AvgIpc) is 2.64. The second-order valence-corrected chi connectivity index (χ2v) is 6.01. The van der Waals surface area contributed by atoms with Crippen LogP contribution in [0.3, 0.4) is 0 Å². The van der Waals surface area contributed by atoms with Crippen molar-refractivity contribution in [1.82, 2.24) is 0 Å². The quantitative estimate of drug-likeness (QED) is 0.838. The number of nitrogens with two attached hydrogens (primary N) is 1. The number of hydrogen-bond donors (Lipinski definition) is 1. The normalized spacial score (nSPS) is 31.8. The van der Waals surface area contributed by atoms with Crippen LogP contribution in [0, 0.1) is 11.8 Å². The minimum Gasteiger partial charge on any atom is -0.330 e. The maximum atomic E-state index is 6.21. The van der Waals surface area contributed by atoms with Gasteiger partial charge in [-0.3, -0.25) is 0 Å². The topological polar surface area (TPSA) is 26.0 Å². The molecule has 1 aromatic rings. The summed E-state index contributed by atoms with van der Waals surface area (Å²) in [7, 11) is 0. The van der Waals surface area contributed by atoms with Gasteiger partial charge in [0.05, 0.1) is 5.02 Å². The van der Waals surface area contributed by atoms with Crippen molar-refractivity contribution in [3.63, 3.8) is 0 Å². The third-order valence-corrected chi connectivity index (χ3v) is 5.03. The van der Waals surface area contributed by atoms with Gasteiger partial charge in [0.15, 0.2) is 0 Å². The molecule has 2 rings (SSSR count). The summed E-state index contributed by atoms with van der Waals surface area (Å²) in [6, 6.07) is 2.01. The Morgan fingerprint density at radius 2 is 2.33 bits per heavy atom. The van der Waals surface area contributed by atoms with Crippen LogP contribution < -0.4 is 5.73 Å². The van der Waals surface area contributed by atoms with Gasteiger partial charge in [-0.05, 0) is 48.6 Å². The minimum absolute atomic E-state index is 0.603. The second-order valence-electron chi connectivity index (χ2n) is 4.65. The zero-order valence-corrected chi connectivity index (χ0v) is 10.7. The molecule has 0 aromatic carbocycles. The monoisotopic (exact) mass is 243 g/mol. The summed E-state index contributed by atoms with van der Waals surface area (Å²) in [5.74, 6) is 2.06. The van der Waals surface area contributed by atoms with Gasteiger partial charge in [-0.2, -0.15) is 0 Å². The Balaban J connectivity index is 2.20. The molecular weight excluding hydrogens is 226 g/mol. The summed E-state index contributed by atoms with van der Waals surface area (Å²) in [4.78, 5) is 1.36. The van der Waals surface area contributed by atoms with Crippen molar-refractivity contribution in [3.05, 3.63) is 21.3 Å². The molecule has 15 heavy (non-hydrogen) atoms. The van der Waals surface area contributed by atoms with E-state index in [-0.39, 0.29) is 0 Å². The molecule has 1 aromatic heterocycles. The first-order valence-corrected chi connectivity index (χ1v) is 6.91. The van der Waals surface area contributed by atoms with Crippen LogP contribution in [-0.2, 0) is 0 Å². The molecule has 0 saturated heterocycles. The third kappa shape index (κ3) is 2.38. The van der Waals surface area contributed by atoms with E-state index in [0.717, 1.165) is 17.5 Å². The van der Waals surface area contributed by atoms with Crippen molar-refractivity contribution >= 4 is 22.9 Å². The van der Waals surface area contributed by atoms with Crippen LogP contribution in [0.15, 0.2) is 11.4 Å². The summed E-state index contributed by atoms with van der Waals surface area (Å²) < 4.78 is 0. The van der Waals surface area contributed by atoms with E-state index in [9.17, 15) is 0 Å². The highest BCUT2D eigenvalue weighted by Gasteiger charge is 2.30. The number of thiophene rings is 1. The molecule has 1 heterocycles. The summed E-state index contributed by atoms with van der Waals surface area (Å²) in [5.41, 5.74) is 5.86. The van der Waals surface area contributed by atoms with Crippen molar-refractivity contribution in [2.24, 2.45) is 17.6 Å². The highest BCUT2D eigenvalue weighted by Crippen LogP contribution is 2.44. The molecule has 1 aliphatic rings. The Morgan fingerprint density at radius 3 is 2.93 bits per heavy atom. The fourth-order valence-corrected chi connectivity index (χ4v) is 4.02. The molecule has 2 N–H and O–H groups in total. The molecule has 1 fully saturated rings. The van der Waals surface area contributed by atoms with Gasteiger partial charge in [0.2, 0.25) is 0 Å². The van der Waals surface area contributed by atoms with E-state index < -0.39 is 0 Å². The molecular formula is C12H18ClNS. The maximum absolute atomic E-state index is 6.21. The van der Waals surface area contributed by atoms with Gasteiger partial charge < -0.3 is 5.73 Å². The van der Waals surface area contributed by atoms with Gasteiger partial charge >= 0.3 is 0 Å². The molecule has 1 aliphatic carbocycles.